The third-order valence-corrected chi connectivity index (χ3v) is 12.5. The largest absolute Gasteiger partial charge is 0.507 e. The molecule has 3 N–H and O–H groups in total. The summed E-state index contributed by atoms with van der Waals surface area (Å²) in [6.45, 7) is 4.59. The molecule has 3 fully saturated rings. The Balaban J connectivity index is 0.000000559. The SMILES string of the molecule is CCCC1C(C(=O)N2CCC(O)(c3ccccc3OC(C)CCC3(C(=O)O)CCC3)CC2)CCCN1C(=O)c1ncccc1C(F)(F)F.Oc1csc(C(F)(F)F)c1. The molecule has 1 aromatic carbocycles. The van der Waals surface area contributed by atoms with E-state index in [2.05, 4.69) is 4.98 Å². The molecule has 1 aliphatic carbocycles. The van der Waals surface area contributed by atoms with Gasteiger partial charge < -0.3 is 29.9 Å². The molecule has 3 aromatic rings. The Labute approximate surface area is 336 Å². The average Bonchev–Trinajstić information content (AvgIpc) is 3.61. The lowest BCUT2D eigenvalue weighted by molar-refractivity contribution is -0.155. The molecular weight excluding hydrogens is 793 g/mol. The van der Waals surface area contributed by atoms with Crippen molar-refractivity contribution in [3.8, 4) is 11.5 Å². The fourth-order valence-corrected chi connectivity index (χ4v) is 8.79. The number of halogens is 6. The number of nitrogens with zero attached hydrogens (tertiary/aromatic N) is 3. The summed E-state index contributed by atoms with van der Waals surface area (Å²) in [6.07, 6.45) is -2.18. The van der Waals surface area contributed by atoms with Gasteiger partial charge in [0.15, 0.2) is 0 Å². The summed E-state index contributed by atoms with van der Waals surface area (Å²) in [4.78, 5) is 45.5. The van der Waals surface area contributed by atoms with Crippen LogP contribution in [0.3, 0.4) is 0 Å². The third-order valence-electron chi connectivity index (χ3n) is 11.5. The molecule has 4 heterocycles. The molecule has 0 radical (unpaired) electrons. The maximum Gasteiger partial charge on any atom is 0.425 e. The molecule has 3 aliphatic rings. The number of hydrogen-bond donors (Lipinski definition) is 3. The second-order valence-corrected chi connectivity index (χ2v) is 16.3. The van der Waals surface area contributed by atoms with E-state index in [1.807, 2.05) is 32.0 Å². The minimum absolute atomic E-state index is 0.161. The van der Waals surface area contributed by atoms with E-state index in [9.17, 15) is 50.9 Å². The second kappa shape index (κ2) is 18.3. The average molecular weight is 842 g/mol. The number of carboxylic acids is 1. The van der Waals surface area contributed by atoms with Crippen molar-refractivity contribution in [3.05, 3.63) is 75.7 Å². The van der Waals surface area contributed by atoms with E-state index in [0.29, 0.717) is 80.1 Å². The van der Waals surface area contributed by atoms with Gasteiger partial charge in [0.05, 0.1) is 28.6 Å². The first-order valence-electron chi connectivity index (χ1n) is 19.5. The van der Waals surface area contributed by atoms with Gasteiger partial charge in [-0.05, 0) is 82.9 Å². The standard InChI is InChI=1S/C36H46F3N3O6.C5H3F3OS/c1-3-9-28-25(10-7-21-42(28)32(44)30-27(36(37,38)39)12-6-20-40-30)31(43)41-22-18-35(47,19-23-41)26-11-4-5-13-29(26)48-24(2)14-17-34(33(45)46)15-8-16-34;6-5(7,8)4-1-3(9)2-10-4/h4-6,11-13,20,24-25,28,47H,3,7-10,14-19,21-23H2,1-2H3,(H,45,46);1-2,9H. The van der Waals surface area contributed by atoms with Crippen LogP contribution in [0, 0.1) is 11.3 Å². The number of aliphatic hydroxyl groups is 1. The highest BCUT2D eigenvalue weighted by molar-refractivity contribution is 7.10. The van der Waals surface area contributed by atoms with Crippen molar-refractivity contribution >= 4 is 29.1 Å². The molecule has 3 atom stereocenters. The number of ether oxygens (including phenoxy) is 1. The molecule has 0 spiro atoms. The molecule has 2 aromatic heterocycles. The summed E-state index contributed by atoms with van der Waals surface area (Å²) < 4.78 is 82.6. The van der Waals surface area contributed by atoms with E-state index in [-0.39, 0.29) is 50.2 Å². The molecule has 6 rings (SSSR count). The number of pyridine rings is 1. The quantitative estimate of drug-likeness (QED) is 0.163. The van der Waals surface area contributed by atoms with Gasteiger partial charge in [-0.25, -0.2) is 0 Å². The summed E-state index contributed by atoms with van der Waals surface area (Å²) in [5.74, 6) is -2.11. The molecule has 58 heavy (non-hydrogen) atoms. The number of thiophene rings is 1. The lowest BCUT2D eigenvalue weighted by atomic mass is 9.66. The third kappa shape index (κ3) is 10.2. The maximum absolute atomic E-state index is 14.0. The normalized spacial score (nSPS) is 20.9. The van der Waals surface area contributed by atoms with E-state index in [4.69, 9.17) is 9.84 Å². The topological polar surface area (TPSA) is 140 Å². The highest BCUT2D eigenvalue weighted by Crippen LogP contribution is 2.46. The van der Waals surface area contributed by atoms with Gasteiger partial charge >= 0.3 is 18.3 Å². The minimum atomic E-state index is -4.74. The van der Waals surface area contributed by atoms with Crippen molar-refractivity contribution in [2.75, 3.05) is 19.6 Å². The molecule has 2 saturated heterocycles. The number of rotatable bonds is 11. The van der Waals surface area contributed by atoms with Crippen LogP contribution in [0.4, 0.5) is 26.3 Å². The van der Waals surface area contributed by atoms with E-state index < -0.39 is 63.3 Å². The summed E-state index contributed by atoms with van der Waals surface area (Å²) in [5.41, 5.74) is -3.04. The van der Waals surface area contributed by atoms with E-state index in [1.54, 1.807) is 11.0 Å². The van der Waals surface area contributed by atoms with Crippen LogP contribution in [0.5, 0.6) is 11.5 Å². The van der Waals surface area contributed by atoms with Crippen molar-refractivity contribution in [3.63, 3.8) is 0 Å². The molecule has 3 unspecified atom stereocenters. The summed E-state index contributed by atoms with van der Waals surface area (Å²) in [7, 11) is 0. The Kier molecular flexibility index (Phi) is 14.1. The zero-order chi connectivity index (χ0) is 42.5. The molecular formula is C41H49F6N3O7S. The van der Waals surface area contributed by atoms with Crippen LogP contribution < -0.4 is 4.74 Å². The van der Waals surface area contributed by atoms with Crippen molar-refractivity contribution in [1.29, 1.82) is 0 Å². The fraction of sp³-hybridized carbons (Fsp3) is 0.561. The van der Waals surface area contributed by atoms with Gasteiger partial charge in [0.2, 0.25) is 5.91 Å². The number of carboxylic acid groups (broad SMARTS) is 1. The molecule has 2 amide bonds. The highest BCUT2D eigenvalue weighted by atomic mass is 32.1. The molecule has 318 valence electrons. The van der Waals surface area contributed by atoms with Crippen LogP contribution in [0.25, 0.3) is 0 Å². The van der Waals surface area contributed by atoms with Crippen molar-refractivity contribution in [1.82, 2.24) is 14.8 Å². The number of alkyl halides is 6. The van der Waals surface area contributed by atoms with Crippen LogP contribution in [-0.2, 0) is 27.5 Å². The molecule has 10 nitrogen and oxygen atoms in total. The first kappa shape index (κ1) is 44.7. The number of likely N-dealkylation sites (tertiary alicyclic amines) is 2. The predicted octanol–water partition coefficient (Wildman–Crippen LogP) is 8.91. The van der Waals surface area contributed by atoms with Gasteiger partial charge in [-0.3, -0.25) is 19.4 Å². The molecule has 1 saturated carbocycles. The smallest absolute Gasteiger partial charge is 0.425 e. The minimum Gasteiger partial charge on any atom is -0.507 e. The number of para-hydroxylation sites is 1. The Morgan fingerprint density at radius 1 is 0.983 bits per heavy atom. The second-order valence-electron chi connectivity index (χ2n) is 15.4. The van der Waals surface area contributed by atoms with Gasteiger partial charge in [-0.2, -0.15) is 26.3 Å². The number of piperidine rings is 2. The van der Waals surface area contributed by atoms with Gasteiger partial charge in [-0.1, -0.05) is 38.0 Å². The summed E-state index contributed by atoms with van der Waals surface area (Å²) >= 11 is 0.481. The van der Waals surface area contributed by atoms with Crippen LogP contribution in [0.15, 0.2) is 54.0 Å². The number of aromatic hydroxyl groups is 1. The predicted molar refractivity (Wildman–Crippen MR) is 202 cm³/mol. The highest BCUT2D eigenvalue weighted by Gasteiger charge is 2.46. The molecule has 2 aliphatic heterocycles. The van der Waals surface area contributed by atoms with Crippen molar-refractivity contribution in [2.45, 2.75) is 115 Å². The number of benzene rings is 1. The number of carbonyl (C=O) groups is 3. The first-order chi connectivity index (χ1) is 27.3. The Morgan fingerprint density at radius 2 is 1.67 bits per heavy atom. The van der Waals surface area contributed by atoms with Crippen molar-refractivity contribution < 1.29 is 60.8 Å². The van der Waals surface area contributed by atoms with E-state index >= 15 is 0 Å². The Hall–Kier alpha value is -4.38. The molecule has 0 bridgehead atoms. The van der Waals surface area contributed by atoms with Gasteiger partial charge in [0, 0.05) is 48.9 Å². The molecule has 17 heteroatoms. The van der Waals surface area contributed by atoms with Crippen LogP contribution in [0.2, 0.25) is 0 Å². The zero-order valence-electron chi connectivity index (χ0n) is 32.3. The number of aromatic nitrogens is 1. The Bertz CT molecular complexity index is 1890. The number of hydrogen-bond acceptors (Lipinski definition) is 8. The van der Waals surface area contributed by atoms with Crippen LogP contribution in [-0.4, -0.2) is 79.7 Å². The van der Waals surface area contributed by atoms with E-state index in [0.717, 1.165) is 23.9 Å². The first-order valence-corrected chi connectivity index (χ1v) is 20.4. The number of amides is 2. The van der Waals surface area contributed by atoms with Gasteiger partial charge in [-0.15, -0.1) is 11.3 Å². The van der Waals surface area contributed by atoms with E-state index in [1.165, 1.54) is 11.1 Å². The fourth-order valence-electron chi connectivity index (χ4n) is 8.15. The van der Waals surface area contributed by atoms with Crippen LogP contribution in [0.1, 0.15) is 111 Å². The summed E-state index contributed by atoms with van der Waals surface area (Å²) in [5, 5.41) is 31.1. The zero-order valence-corrected chi connectivity index (χ0v) is 33.1. The lowest BCUT2D eigenvalue weighted by Gasteiger charge is -2.45. The number of carbonyl (C=O) groups excluding carboxylic acids is 2. The summed E-state index contributed by atoms with van der Waals surface area (Å²) in [6, 6.07) is 9.40. The monoisotopic (exact) mass is 841 g/mol. The Morgan fingerprint density at radius 3 is 2.22 bits per heavy atom. The maximum atomic E-state index is 14.0. The number of aliphatic carboxylic acids is 1. The van der Waals surface area contributed by atoms with Gasteiger partial charge in [0.1, 0.15) is 22.1 Å². The van der Waals surface area contributed by atoms with Crippen molar-refractivity contribution in [2.24, 2.45) is 11.3 Å². The lowest BCUT2D eigenvalue weighted by Crippen LogP contribution is -2.55. The van der Waals surface area contributed by atoms with Crippen LogP contribution >= 0.6 is 11.3 Å². The van der Waals surface area contributed by atoms with Gasteiger partial charge in [0.25, 0.3) is 5.91 Å².